The fourth-order valence-electron chi connectivity index (χ4n) is 3.05. The first-order valence-electron chi connectivity index (χ1n) is 9.75. The highest BCUT2D eigenvalue weighted by atomic mass is 32.2. The van der Waals surface area contributed by atoms with Gasteiger partial charge in [-0.25, -0.2) is 0 Å². The molecule has 0 saturated heterocycles. The van der Waals surface area contributed by atoms with Crippen molar-refractivity contribution >= 4 is 20.1 Å². The molecule has 1 aromatic rings. The zero-order valence-corrected chi connectivity index (χ0v) is 19.2. The van der Waals surface area contributed by atoms with Gasteiger partial charge in [-0.15, -0.1) is 11.8 Å². The average Bonchev–Trinajstić information content (AvgIpc) is 2.57. The predicted octanol–water partition coefficient (Wildman–Crippen LogP) is 6.28. The van der Waals surface area contributed by atoms with Crippen LogP contribution in [0, 0.1) is 5.41 Å². The maximum absolute atomic E-state index is 10.2. The molecule has 0 aromatic heterocycles. The Morgan fingerprint density at radius 3 is 2.50 bits per heavy atom. The molecule has 0 unspecified atom stereocenters. The molecule has 1 aliphatic carbocycles. The summed E-state index contributed by atoms with van der Waals surface area (Å²) >= 11 is 1.89. The van der Waals surface area contributed by atoms with E-state index in [4.69, 9.17) is 4.43 Å². The normalized spacial score (nSPS) is 24.4. The van der Waals surface area contributed by atoms with Crippen molar-refractivity contribution < 1.29 is 9.53 Å². The monoisotopic (exact) mass is 392 g/mol. The first-order valence-corrected chi connectivity index (χ1v) is 13.6. The second kappa shape index (κ2) is 8.64. The second-order valence-electron chi connectivity index (χ2n) is 9.32. The highest BCUT2D eigenvalue weighted by Gasteiger charge is 2.41. The standard InChI is InChI=1S/C22H36O2SSi/c1-21(2,3)26(5,6)24-17-22(4)14-12-19(23)16-18(22)13-15-25-20-10-8-7-9-11-20/h7-11,16,19,23H,12-15,17H2,1-6H3/t19-,22+/m1/s1. The molecule has 0 aliphatic heterocycles. The molecule has 0 saturated carbocycles. The fraction of sp³-hybridized carbons (Fsp3) is 0.636. The first kappa shape index (κ1) is 21.7. The van der Waals surface area contributed by atoms with Crippen LogP contribution in [0.2, 0.25) is 18.1 Å². The van der Waals surface area contributed by atoms with Crippen LogP contribution in [0.15, 0.2) is 46.9 Å². The van der Waals surface area contributed by atoms with E-state index in [-0.39, 0.29) is 16.6 Å². The van der Waals surface area contributed by atoms with Crippen molar-refractivity contribution in [2.75, 3.05) is 12.4 Å². The number of thioether (sulfide) groups is 1. The Balaban J connectivity index is 2.01. The Morgan fingerprint density at radius 1 is 1.23 bits per heavy atom. The lowest BCUT2D eigenvalue weighted by Crippen LogP contribution is -2.44. The zero-order chi connectivity index (χ0) is 19.4. The van der Waals surface area contributed by atoms with Gasteiger partial charge in [0.05, 0.1) is 6.10 Å². The van der Waals surface area contributed by atoms with Gasteiger partial charge in [0.15, 0.2) is 8.32 Å². The Kier molecular flexibility index (Phi) is 7.22. The number of benzene rings is 1. The van der Waals surface area contributed by atoms with Gasteiger partial charge in [-0.1, -0.05) is 57.5 Å². The van der Waals surface area contributed by atoms with E-state index in [1.807, 2.05) is 11.8 Å². The van der Waals surface area contributed by atoms with Gasteiger partial charge in [-0.3, -0.25) is 0 Å². The maximum Gasteiger partial charge on any atom is 0.192 e. The molecule has 2 rings (SSSR count). The number of aliphatic hydroxyl groups is 1. The fourth-order valence-corrected chi connectivity index (χ4v) is 5.07. The molecule has 2 nitrogen and oxygen atoms in total. The molecule has 0 fully saturated rings. The minimum Gasteiger partial charge on any atom is -0.416 e. The van der Waals surface area contributed by atoms with Crippen molar-refractivity contribution in [1.82, 2.24) is 0 Å². The van der Waals surface area contributed by atoms with Gasteiger partial charge in [-0.05, 0) is 49.5 Å². The van der Waals surface area contributed by atoms with Crippen LogP contribution in [0.1, 0.15) is 47.0 Å². The topological polar surface area (TPSA) is 29.5 Å². The molecular formula is C22H36O2SSi. The number of hydrogen-bond donors (Lipinski definition) is 1. The predicted molar refractivity (Wildman–Crippen MR) is 116 cm³/mol. The third kappa shape index (κ3) is 5.72. The lowest BCUT2D eigenvalue weighted by Gasteiger charge is -2.42. The molecule has 0 amide bonds. The Bertz CT molecular complexity index is 606. The van der Waals surface area contributed by atoms with Crippen LogP contribution in [0.5, 0.6) is 0 Å². The summed E-state index contributed by atoms with van der Waals surface area (Å²) in [6.45, 7) is 14.6. The van der Waals surface area contributed by atoms with Crippen LogP contribution in [0.4, 0.5) is 0 Å². The molecule has 0 bridgehead atoms. The van der Waals surface area contributed by atoms with E-state index in [1.165, 1.54) is 10.5 Å². The van der Waals surface area contributed by atoms with E-state index >= 15 is 0 Å². The van der Waals surface area contributed by atoms with Crippen LogP contribution in [-0.4, -0.2) is 31.9 Å². The molecule has 1 aliphatic rings. The third-order valence-corrected chi connectivity index (χ3v) is 11.6. The molecule has 0 heterocycles. The summed E-state index contributed by atoms with van der Waals surface area (Å²) in [7, 11) is -1.76. The Hall–Kier alpha value is -0.553. The third-order valence-electron chi connectivity index (χ3n) is 6.10. The van der Waals surface area contributed by atoms with Gasteiger partial charge in [0.25, 0.3) is 0 Å². The summed E-state index contributed by atoms with van der Waals surface area (Å²) in [5.41, 5.74) is 1.42. The summed E-state index contributed by atoms with van der Waals surface area (Å²) in [5.74, 6) is 1.04. The summed E-state index contributed by atoms with van der Waals surface area (Å²) in [6.07, 6.45) is 4.66. The van der Waals surface area contributed by atoms with Crippen LogP contribution < -0.4 is 0 Å². The molecule has 0 spiro atoms. The zero-order valence-electron chi connectivity index (χ0n) is 17.3. The Labute approximate surface area is 165 Å². The minimum absolute atomic E-state index is 0.0476. The lowest BCUT2D eigenvalue weighted by atomic mass is 9.73. The van der Waals surface area contributed by atoms with Crippen molar-refractivity contribution in [2.45, 2.75) is 76.1 Å². The quantitative estimate of drug-likeness (QED) is 0.336. The van der Waals surface area contributed by atoms with Gasteiger partial charge in [0.1, 0.15) is 0 Å². The lowest BCUT2D eigenvalue weighted by molar-refractivity contribution is 0.119. The van der Waals surface area contributed by atoms with Gasteiger partial charge < -0.3 is 9.53 Å². The van der Waals surface area contributed by atoms with E-state index in [0.29, 0.717) is 0 Å². The summed E-state index contributed by atoms with van der Waals surface area (Å²) < 4.78 is 6.58. The molecular weight excluding hydrogens is 356 g/mol. The van der Waals surface area contributed by atoms with Gasteiger partial charge in [0, 0.05) is 22.7 Å². The van der Waals surface area contributed by atoms with Crippen molar-refractivity contribution in [1.29, 1.82) is 0 Å². The molecule has 26 heavy (non-hydrogen) atoms. The molecule has 4 heteroatoms. The number of rotatable bonds is 7. The minimum atomic E-state index is -1.76. The van der Waals surface area contributed by atoms with Gasteiger partial charge in [-0.2, -0.15) is 0 Å². The van der Waals surface area contributed by atoms with Crippen LogP contribution in [0.3, 0.4) is 0 Å². The van der Waals surface area contributed by atoms with Crippen LogP contribution in [-0.2, 0) is 4.43 Å². The van der Waals surface area contributed by atoms with Gasteiger partial charge >= 0.3 is 0 Å². The van der Waals surface area contributed by atoms with E-state index in [2.05, 4.69) is 77.2 Å². The molecule has 2 atom stereocenters. The van der Waals surface area contributed by atoms with E-state index in [1.54, 1.807) is 0 Å². The highest BCUT2D eigenvalue weighted by Crippen LogP contribution is 2.43. The summed E-state index contributed by atoms with van der Waals surface area (Å²) in [4.78, 5) is 1.31. The number of hydrogen-bond acceptors (Lipinski definition) is 3. The van der Waals surface area contributed by atoms with Crippen LogP contribution in [0.25, 0.3) is 0 Å². The smallest absolute Gasteiger partial charge is 0.192 e. The molecule has 0 radical (unpaired) electrons. The van der Waals surface area contributed by atoms with E-state index in [9.17, 15) is 5.11 Å². The summed E-state index contributed by atoms with van der Waals surface area (Å²) in [6, 6.07) is 10.6. The van der Waals surface area contributed by atoms with E-state index < -0.39 is 8.32 Å². The van der Waals surface area contributed by atoms with Crippen molar-refractivity contribution in [3.05, 3.63) is 42.0 Å². The summed E-state index contributed by atoms with van der Waals surface area (Å²) in [5, 5.41) is 10.4. The average molecular weight is 393 g/mol. The second-order valence-corrected chi connectivity index (χ2v) is 15.3. The van der Waals surface area contributed by atoms with Crippen molar-refractivity contribution in [3.63, 3.8) is 0 Å². The largest absolute Gasteiger partial charge is 0.416 e. The first-order chi connectivity index (χ1) is 12.0. The molecule has 1 N–H and O–H groups in total. The van der Waals surface area contributed by atoms with Crippen molar-refractivity contribution in [3.8, 4) is 0 Å². The van der Waals surface area contributed by atoms with Crippen LogP contribution >= 0.6 is 11.8 Å². The highest BCUT2D eigenvalue weighted by molar-refractivity contribution is 7.99. The molecule has 1 aromatic carbocycles. The van der Waals surface area contributed by atoms with Crippen molar-refractivity contribution in [2.24, 2.45) is 5.41 Å². The maximum atomic E-state index is 10.2. The number of aliphatic hydroxyl groups excluding tert-OH is 1. The van der Waals surface area contributed by atoms with E-state index in [0.717, 1.165) is 31.6 Å². The Morgan fingerprint density at radius 2 is 1.88 bits per heavy atom. The SMILES string of the molecule is CC(C)(C)[Si](C)(C)OC[C@]1(C)CC[C@@H](O)C=C1CCSc1ccccc1. The molecule has 146 valence electrons. The van der Waals surface area contributed by atoms with Gasteiger partial charge in [0.2, 0.25) is 0 Å².